The Bertz CT molecular complexity index is 619. The summed E-state index contributed by atoms with van der Waals surface area (Å²) < 4.78 is 6.88. The van der Waals surface area contributed by atoms with Gasteiger partial charge in [0.15, 0.2) is 5.13 Å². The van der Waals surface area contributed by atoms with Crippen LogP contribution in [0.1, 0.15) is 16.7 Å². The summed E-state index contributed by atoms with van der Waals surface area (Å²) in [5.41, 5.74) is 4.65. The number of methoxy groups -OCH3 is 1. The van der Waals surface area contributed by atoms with E-state index in [1.54, 1.807) is 0 Å². The number of anilines is 1. The molecule has 115 valence electrons. The van der Waals surface area contributed by atoms with Crippen molar-refractivity contribution in [1.29, 1.82) is 0 Å². The van der Waals surface area contributed by atoms with Crippen LogP contribution in [0, 0.1) is 24.3 Å². The van der Waals surface area contributed by atoms with E-state index in [1.165, 1.54) is 33.1 Å². The van der Waals surface area contributed by atoms with Gasteiger partial charge in [0, 0.05) is 3.57 Å². The number of fused-ring (bicyclic) bond motifs is 1. The van der Waals surface area contributed by atoms with Gasteiger partial charge in [0.25, 0.3) is 0 Å². The maximum atomic E-state index is 11.2. The number of nitrogens with zero attached hydrogens (tertiary/aromatic N) is 1. The van der Waals surface area contributed by atoms with Gasteiger partial charge in [0.2, 0.25) is 0 Å². The van der Waals surface area contributed by atoms with E-state index in [-0.39, 0.29) is 0 Å². The van der Waals surface area contributed by atoms with E-state index in [0.717, 1.165) is 15.8 Å². The van der Waals surface area contributed by atoms with Gasteiger partial charge in [-0.25, -0.2) is 9.78 Å². The van der Waals surface area contributed by atoms with E-state index in [0.29, 0.717) is 14.6 Å². The minimum absolute atomic E-state index is 0.491. The van der Waals surface area contributed by atoms with Gasteiger partial charge in [-0.1, -0.05) is 11.3 Å². The summed E-state index contributed by atoms with van der Waals surface area (Å²) in [6, 6.07) is 0. The number of ether oxygens (including phenoxy) is 1. The number of aryl methyl sites for hydroxylation is 1. The Morgan fingerprint density at radius 1 is 1.24 bits per heavy atom. The average Bonchev–Trinajstić information content (AvgIpc) is 2.87. The number of hydrogen-bond donors (Lipinski definition) is 1. The van der Waals surface area contributed by atoms with Crippen LogP contribution in [0.25, 0.3) is 10.2 Å². The third-order valence-corrected chi connectivity index (χ3v) is 5.73. The quantitative estimate of drug-likeness (QED) is 0.390. The molecular weight excluding hydrogens is 668 g/mol. The van der Waals surface area contributed by atoms with Crippen LogP contribution in [0.4, 0.5) is 9.93 Å². The van der Waals surface area contributed by atoms with Crippen LogP contribution in [-0.2, 0) is 14.2 Å². The molecular formula is C12H13I3N2O2SV. The van der Waals surface area contributed by atoms with Gasteiger partial charge >= 0.3 is 55.5 Å². The van der Waals surface area contributed by atoms with Crippen molar-refractivity contribution in [2.24, 2.45) is 0 Å². The van der Waals surface area contributed by atoms with Gasteiger partial charge in [0.1, 0.15) is 0 Å². The number of carbonyl (C=O) groups excluding carboxylic acids is 1. The van der Waals surface area contributed by atoms with Crippen molar-refractivity contribution in [3.63, 3.8) is 0 Å². The Hall–Kier alpha value is 1.15. The molecule has 0 atom stereocenters. The summed E-state index contributed by atoms with van der Waals surface area (Å²) in [6.07, 6.45) is -0.491. The van der Waals surface area contributed by atoms with Crippen molar-refractivity contribution in [2.75, 3.05) is 12.4 Å². The zero-order valence-electron chi connectivity index (χ0n) is 11.8. The first-order valence-corrected chi connectivity index (χ1v) is 16.6. The third kappa shape index (κ3) is 5.06. The Morgan fingerprint density at radius 2 is 1.81 bits per heavy atom. The van der Waals surface area contributed by atoms with E-state index < -0.39 is 6.09 Å². The van der Waals surface area contributed by atoms with Gasteiger partial charge in [0.05, 0.1) is 17.3 Å². The van der Waals surface area contributed by atoms with Crippen molar-refractivity contribution in [1.82, 2.24) is 4.98 Å². The molecule has 0 aliphatic carbocycles. The fourth-order valence-corrected chi connectivity index (χ4v) is 3.70. The Kier molecular flexibility index (Phi) is 9.09. The van der Waals surface area contributed by atoms with E-state index in [9.17, 15) is 4.79 Å². The van der Waals surface area contributed by atoms with Crippen LogP contribution in [0.3, 0.4) is 0 Å². The van der Waals surface area contributed by atoms with E-state index >= 15 is 0 Å². The Morgan fingerprint density at radius 3 is 2.33 bits per heavy atom. The van der Waals surface area contributed by atoms with Gasteiger partial charge in [-0.15, -0.1) is 0 Å². The normalized spacial score (nSPS) is 9.86. The monoisotopic (exact) mass is 681 g/mol. The summed E-state index contributed by atoms with van der Waals surface area (Å²) >= 11 is 8.54. The molecule has 1 N–H and O–H groups in total. The van der Waals surface area contributed by atoms with Crippen LogP contribution < -0.4 is 5.32 Å². The molecule has 2 rings (SSSR count). The number of halogens is 3. The summed E-state index contributed by atoms with van der Waals surface area (Å²) in [5.74, 6) is 0. The van der Waals surface area contributed by atoms with Crippen LogP contribution in [0.15, 0.2) is 0 Å². The van der Waals surface area contributed by atoms with Crippen LogP contribution >= 0.6 is 73.9 Å². The van der Waals surface area contributed by atoms with E-state index in [1.807, 2.05) is 0 Å². The van der Waals surface area contributed by atoms with Gasteiger partial charge in [-0.2, -0.15) is 0 Å². The van der Waals surface area contributed by atoms with Gasteiger partial charge in [-0.3, -0.25) is 5.32 Å². The average molecular weight is 681 g/mol. The van der Waals surface area contributed by atoms with Crippen molar-refractivity contribution in [3.05, 3.63) is 20.3 Å². The van der Waals surface area contributed by atoms with Crippen LogP contribution in [-0.4, -0.2) is 18.2 Å². The summed E-state index contributed by atoms with van der Waals surface area (Å²) in [7, 11) is 1.97. The molecule has 0 fully saturated rings. The molecule has 0 unspecified atom stereocenters. The molecule has 4 nitrogen and oxygen atoms in total. The molecule has 2 aromatic rings. The number of hydrogen-bond acceptors (Lipinski definition) is 4. The second kappa shape index (κ2) is 9.45. The molecule has 0 bridgehead atoms. The molecule has 1 aromatic carbocycles. The van der Waals surface area contributed by atoms with Crippen LogP contribution in [0.5, 0.6) is 0 Å². The molecule has 0 saturated heterocycles. The molecule has 0 aliphatic heterocycles. The van der Waals surface area contributed by atoms with Crippen molar-refractivity contribution in [2.45, 2.75) is 20.8 Å². The van der Waals surface area contributed by atoms with Crippen molar-refractivity contribution < 1.29 is 19.0 Å². The molecule has 0 saturated carbocycles. The molecule has 0 radical (unpaired) electrons. The number of carbonyl (C=O) groups is 1. The fourth-order valence-electron chi connectivity index (χ4n) is 1.71. The number of aromatic nitrogens is 1. The SMILES string of the molecule is COC(=O)Nc1nc2c(C)c(C)c(C)c(I)c2s1.[I][V][I]. The Labute approximate surface area is 170 Å². The maximum absolute atomic E-state index is 11.2. The zero-order valence-corrected chi connectivity index (χ0v) is 20.4. The van der Waals surface area contributed by atoms with Gasteiger partial charge in [-0.05, 0) is 60.1 Å². The first-order valence-electron chi connectivity index (χ1n) is 5.70. The summed E-state index contributed by atoms with van der Waals surface area (Å²) in [6.45, 7) is 6.26. The molecule has 9 heteroatoms. The zero-order chi connectivity index (χ0) is 16.2. The predicted molar refractivity (Wildman–Crippen MR) is 111 cm³/mol. The summed E-state index contributed by atoms with van der Waals surface area (Å²) in [5, 5.41) is 3.19. The number of rotatable bonds is 1. The minimum atomic E-state index is -0.491. The van der Waals surface area contributed by atoms with Crippen LogP contribution in [0.2, 0.25) is 0 Å². The number of thiazole rings is 1. The third-order valence-electron chi connectivity index (χ3n) is 3.03. The topological polar surface area (TPSA) is 51.2 Å². The predicted octanol–water partition coefficient (Wildman–Crippen LogP) is 5.77. The molecule has 0 spiro atoms. The standard InChI is InChI=1S/C12H13IN2O2S.2HI.V/c1-5-6(2)8(13)10-9(7(5)3)14-11(18-10)15-12(16)17-4;;;/h1-4H3,(H,14,15,16);2*1H;/q;;;+2/p-2. The van der Waals surface area contributed by atoms with Gasteiger partial charge < -0.3 is 4.74 Å². The number of benzene rings is 1. The molecule has 1 amide bonds. The first-order chi connectivity index (χ1) is 9.87. The van der Waals surface area contributed by atoms with E-state index in [2.05, 4.69) is 98.4 Å². The number of amides is 1. The molecule has 1 heterocycles. The first kappa shape index (κ1) is 20.2. The number of nitrogens with one attached hydrogen (secondary N) is 1. The molecule has 0 aliphatic rings. The molecule has 1 aromatic heterocycles. The second-order valence-corrected chi connectivity index (χ2v) is 17.9. The van der Waals surface area contributed by atoms with Crippen molar-refractivity contribution in [3.8, 4) is 0 Å². The second-order valence-electron chi connectivity index (χ2n) is 4.07. The fraction of sp³-hybridized carbons (Fsp3) is 0.333. The summed E-state index contributed by atoms with van der Waals surface area (Å²) in [4.78, 5) is 15.7. The van der Waals surface area contributed by atoms with Crippen molar-refractivity contribution >= 4 is 95.3 Å². The van der Waals surface area contributed by atoms with E-state index in [4.69, 9.17) is 0 Å². The molecule has 21 heavy (non-hydrogen) atoms. The Balaban J connectivity index is 0.000000677.